The van der Waals surface area contributed by atoms with E-state index >= 15 is 0 Å². The van der Waals surface area contributed by atoms with Crippen LogP contribution < -0.4 is 4.90 Å². The van der Waals surface area contributed by atoms with Crippen molar-refractivity contribution in [1.82, 2.24) is 9.80 Å². The molecule has 7 nitrogen and oxygen atoms in total. The number of likely N-dealkylation sites (N-methyl/N-ethyl adjacent to an activating group) is 1. The summed E-state index contributed by atoms with van der Waals surface area (Å²) in [5, 5.41) is 8.96. The number of ether oxygens (including phenoxy) is 1. The van der Waals surface area contributed by atoms with Crippen LogP contribution in [0.5, 0.6) is 0 Å². The van der Waals surface area contributed by atoms with Crippen LogP contribution in [0.15, 0.2) is 18.2 Å². The van der Waals surface area contributed by atoms with Crippen LogP contribution in [0.25, 0.3) is 0 Å². The van der Waals surface area contributed by atoms with Crippen molar-refractivity contribution in [2.75, 3.05) is 51.8 Å². The lowest BCUT2D eigenvalue weighted by Gasteiger charge is -2.42. The van der Waals surface area contributed by atoms with E-state index in [1.54, 1.807) is 32.0 Å². The van der Waals surface area contributed by atoms with Gasteiger partial charge in [0.15, 0.2) is 0 Å². The fourth-order valence-electron chi connectivity index (χ4n) is 3.16. The van der Waals surface area contributed by atoms with Crippen LogP contribution in [0, 0.1) is 11.3 Å². The van der Waals surface area contributed by atoms with Gasteiger partial charge in [0.05, 0.1) is 17.2 Å². The fraction of sp³-hybridized carbons (Fsp3) is 0.526. The number of hydrogen-bond donors (Lipinski definition) is 0. The highest BCUT2D eigenvalue weighted by molar-refractivity contribution is 5.89. The third kappa shape index (κ3) is 5.17. The van der Waals surface area contributed by atoms with Gasteiger partial charge < -0.3 is 19.4 Å². The Balaban J connectivity index is 2.32. The van der Waals surface area contributed by atoms with Gasteiger partial charge in [-0.2, -0.15) is 18.4 Å². The van der Waals surface area contributed by atoms with E-state index in [0.717, 1.165) is 12.1 Å². The maximum absolute atomic E-state index is 13.3. The number of carbonyl (C=O) groups excluding carboxylic acids is 2. The van der Waals surface area contributed by atoms with Crippen molar-refractivity contribution in [2.45, 2.75) is 19.1 Å². The molecule has 0 N–H and O–H groups in total. The first kappa shape index (κ1) is 22.5. The van der Waals surface area contributed by atoms with E-state index in [-0.39, 0.29) is 43.7 Å². The SMILES string of the molecule is CCOCC(=O)N1CCN(c2ccc(C#N)c(C(F)(F)F)c2)CC1C(=O)N(C)C. The maximum atomic E-state index is 13.3. The molecule has 1 fully saturated rings. The molecule has 2 amide bonds. The number of rotatable bonds is 5. The second-order valence-corrected chi connectivity index (χ2v) is 6.76. The number of amides is 2. The molecular formula is C19H23F3N4O3. The van der Waals surface area contributed by atoms with Crippen LogP contribution in [0.1, 0.15) is 18.1 Å². The van der Waals surface area contributed by atoms with Gasteiger partial charge in [0.25, 0.3) is 0 Å². The number of benzene rings is 1. The lowest BCUT2D eigenvalue weighted by atomic mass is 10.0. The largest absolute Gasteiger partial charge is 0.417 e. The number of piperazine rings is 1. The molecule has 2 rings (SSSR count). The molecule has 1 aromatic rings. The molecular weight excluding hydrogens is 389 g/mol. The average Bonchev–Trinajstić information content (AvgIpc) is 2.69. The molecule has 0 saturated carbocycles. The number of alkyl halides is 3. The Hall–Kier alpha value is -2.80. The van der Waals surface area contributed by atoms with E-state index in [1.165, 1.54) is 15.9 Å². The molecule has 1 heterocycles. The Bertz CT molecular complexity index is 805. The molecule has 158 valence electrons. The minimum absolute atomic E-state index is 0.0398. The second kappa shape index (κ2) is 9.13. The zero-order valence-corrected chi connectivity index (χ0v) is 16.5. The molecule has 1 aromatic carbocycles. The Morgan fingerprint density at radius 2 is 2.00 bits per heavy atom. The van der Waals surface area contributed by atoms with Crippen molar-refractivity contribution < 1.29 is 27.5 Å². The van der Waals surface area contributed by atoms with Crippen molar-refractivity contribution in [3.8, 4) is 6.07 Å². The summed E-state index contributed by atoms with van der Waals surface area (Å²) in [6.45, 7) is 2.39. The number of halogens is 3. The molecule has 1 atom stereocenters. The van der Waals surface area contributed by atoms with Gasteiger partial charge in [-0.3, -0.25) is 9.59 Å². The highest BCUT2D eigenvalue weighted by Gasteiger charge is 2.38. The van der Waals surface area contributed by atoms with Crippen molar-refractivity contribution in [3.63, 3.8) is 0 Å². The molecule has 0 spiro atoms. The van der Waals surface area contributed by atoms with Crippen molar-refractivity contribution in [3.05, 3.63) is 29.3 Å². The number of nitrogens with zero attached hydrogens (tertiary/aromatic N) is 4. The van der Waals surface area contributed by atoms with Crippen molar-refractivity contribution >= 4 is 17.5 Å². The predicted molar refractivity (Wildman–Crippen MR) is 99.1 cm³/mol. The Morgan fingerprint density at radius 3 is 2.55 bits per heavy atom. The van der Waals surface area contributed by atoms with Gasteiger partial charge in [-0.15, -0.1) is 0 Å². The van der Waals surface area contributed by atoms with Gasteiger partial charge in [-0.05, 0) is 25.1 Å². The molecule has 0 aromatic heterocycles. The Morgan fingerprint density at radius 1 is 1.31 bits per heavy atom. The lowest BCUT2D eigenvalue weighted by Crippen LogP contribution is -2.61. The standard InChI is InChI=1S/C19H23F3N4O3/c1-4-29-12-17(27)26-8-7-25(11-16(26)18(28)24(2)3)14-6-5-13(10-23)15(9-14)19(20,21)22/h5-6,9,16H,4,7-8,11-12H2,1-3H3. The topological polar surface area (TPSA) is 76.9 Å². The lowest BCUT2D eigenvalue weighted by molar-refractivity contribution is -0.147. The van der Waals surface area contributed by atoms with E-state index in [2.05, 4.69) is 0 Å². The van der Waals surface area contributed by atoms with Crippen molar-refractivity contribution in [1.29, 1.82) is 5.26 Å². The normalized spacial score (nSPS) is 17.1. The monoisotopic (exact) mass is 412 g/mol. The van der Waals surface area contributed by atoms with E-state index < -0.39 is 23.3 Å². The summed E-state index contributed by atoms with van der Waals surface area (Å²) < 4.78 is 45.0. The summed E-state index contributed by atoms with van der Waals surface area (Å²) in [7, 11) is 3.10. The van der Waals surface area contributed by atoms with Gasteiger partial charge in [0.2, 0.25) is 11.8 Å². The van der Waals surface area contributed by atoms with Crippen LogP contribution >= 0.6 is 0 Å². The fourth-order valence-corrected chi connectivity index (χ4v) is 3.16. The molecule has 1 aliphatic heterocycles. The zero-order chi connectivity index (χ0) is 21.8. The quantitative estimate of drug-likeness (QED) is 0.736. The van der Waals surface area contributed by atoms with Gasteiger partial charge in [0.1, 0.15) is 12.6 Å². The second-order valence-electron chi connectivity index (χ2n) is 6.76. The molecule has 0 bridgehead atoms. The number of carbonyl (C=O) groups is 2. The van der Waals surface area contributed by atoms with Crippen molar-refractivity contribution in [2.24, 2.45) is 0 Å². The number of hydrogen-bond acceptors (Lipinski definition) is 5. The van der Waals surface area contributed by atoms with E-state index in [0.29, 0.717) is 6.61 Å². The highest BCUT2D eigenvalue weighted by Crippen LogP contribution is 2.35. The summed E-state index contributed by atoms with van der Waals surface area (Å²) in [5.41, 5.74) is -1.25. The predicted octanol–water partition coefficient (Wildman–Crippen LogP) is 1.72. The molecule has 1 unspecified atom stereocenters. The molecule has 0 aliphatic carbocycles. The van der Waals surface area contributed by atoms with Crippen LogP contribution in [0.4, 0.5) is 18.9 Å². The first-order valence-corrected chi connectivity index (χ1v) is 9.04. The zero-order valence-electron chi connectivity index (χ0n) is 16.5. The van der Waals surface area contributed by atoms with Gasteiger partial charge in [-0.25, -0.2) is 0 Å². The number of anilines is 1. The average molecular weight is 412 g/mol. The van der Waals surface area contributed by atoms with E-state index in [4.69, 9.17) is 10.00 Å². The summed E-state index contributed by atoms with van der Waals surface area (Å²) in [6.07, 6.45) is -4.67. The van der Waals surface area contributed by atoms with Gasteiger partial charge in [0, 0.05) is 46.0 Å². The van der Waals surface area contributed by atoms with Crippen LogP contribution in [0.3, 0.4) is 0 Å². The third-order valence-corrected chi connectivity index (χ3v) is 4.65. The van der Waals surface area contributed by atoms with Crippen LogP contribution in [0.2, 0.25) is 0 Å². The summed E-state index contributed by atoms with van der Waals surface area (Å²) in [4.78, 5) is 29.4. The first-order valence-electron chi connectivity index (χ1n) is 9.04. The Kier molecular flexibility index (Phi) is 7.08. The third-order valence-electron chi connectivity index (χ3n) is 4.65. The summed E-state index contributed by atoms with van der Waals surface area (Å²) in [6, 6.07) is 4.15. The molecule has 29 heavy (non-hydrogen) atoms. The molecule has 0 radical (unpaired) electrons. The Labute approximate surface area is 167 Å². The number of nitriles is 1. The molecule has 10 heteroatoms. The van der Waals surface area contributed by atoms with Gasteiger partial charge >= 0.3 is 6.18 Å². The van der Waals surface area contributed by atoms with Crippen LogP contribution in [-0.2, 0) is 20.5 Å². The smallest absolute Gasteiger partial charge is 0.372 e. The van der Waals surface area contributed by atoms with Gasteiger partial charge in [-0.1, -0.05) is 0 Å². The minimum Gasteiger partial charge on any atom is -0.372 e. The van der Waals surface area contributed by atoms with E-state index in [9.17, 15) is 22.8 Å². The minimum atomic E-state index is -4.67. The highest BCUT2D eigenvalue weighted by atomic mass is 19.4. The first-order chi connectivity index (χ1) is 13.6. The summed E-state index contributed by atoms with van der Waals surface area (Å²) >= 11 is 0. The van der Waals surface area contributed by atoms with Crippen LogP contribution in [-0.4, -0.2) is 74.6 Å². The molecule has 1 aliphatic rings. The van der Waals surface area contributed by atoms with E-state index in [1.807, 2.05) is 0 Å². The molecule has 1 saturated heterocycles. The summed E-state index contributed by atoms with van der Waals surface area (Å²) in [5.74, 6) is -0.674. The maximum Gasteiger partial charge on any atom is 0.417 e.